The van der Waals surface area contributed by atoms with Crippen molar-refractivity contribution >= 4 is 29.1 Å². The van der Waals surface area contributed by atoms with Crippen LogP contribution >= 0.6 is 11.6 Å². The Bertz CT molecular complexity index is 1490. The Morgan fingerprint density at radius 3 is 2.57 bits per heavy atom. The van der Waals surface area contributed by atoms with E-state index in [9.17, 15) is 19.5 Å². The number of Topliss-reactive ketones (excluding diaryl/α,β-unsaturated/α-hetero) is 2. The molecule has 1 spiro atoms. The highest BCUT2D eigenvalue weighted by Gasteiger charge is 2.61. The highest BCUT2D eigenvalue weighted by molar-refractivity contribution is 6.35. The van der Waals surface area contributed by atoms with Crippen LogP contribution in [-0.4, -0.2) is 81.3 Å². The second-order valence-corrected chi connectivity index (χ2v) is 11.2. The topological polar surface area (TPSA) is 133 Å². The molecule has 2 heterocycles. The van der Waals surface area contributed by atoms with Gasteiger partial charge in [-0.05, 0) is 31.8 Å². The maximum atomic E-state index is 14.2. The highest BCUT2D eigenvalue weighted by atomic mass is 35.5. The number of ether oxygens (including phenoxy) is 5. The molecule has 0 saturated heterocycles. The van der Waals surface area contributed by atoms with Crippen LogP contribution in [0.15, 0.2) is 35.6 Å². The van der Waals surface area contributed by atoms with Crippen molar-refractivity contribution in [2.45, 2.75) is 31.3 Å². The van der Waals surface area contributed by atoms with Crippen LogP contribution in [0.3, 0.4) is 0 Å². The lowest BCUT2D eigenvalue weighted by atomic mass is 9.69. The normalized spacial score (nSPS) is 21.5. The quantitative estimate of drug-likeness (QED) is 0.439. The largest absolute Gasteiger partial charge is 0.507 e. The summed E-state index contributed by atoms with van der Waals surface area (Å²) in [7, 11) is 6.58. The van der Waals surface area contributed by atoms with E-state index in [2.05, 4.69) is 5.32 Å². The molecule has 3 atom stereocenters. The van der Waals surface area contributed by atoms with Crippen LogP contribution in [-0.2, 0) is 9.59 Å². The first kappa shape index (κ1) is 29.5. The summed E-state index contributed by atoms with van der Waals surface area (Å²) in [5.74, 6) is -2.28. The Kier molecular flexibility index (Phi) is 8.00. The number of fused-ring (bicyclic) bond motifs is 2. The number of nitrogens with one attached hydrogen (secondary N) is 1. The number of benzene rings is 2. The van der Waals surface area contributed by atoms with Crippen molar-refractivity contribution in [2.24, 2.45) is 5.92 Å². The summed E-state index contributed by atoms with van der Waals surface area (Å²) >= 11 is 6.56. The molecule has 0 bridgehead atoms. The number of aliphatic hydroxyl groups is 1. The number of likely N-dealkylation sites (N-methyl/N-ethyl adjacent to an activating group) is 1. The molecular weight excluding hydrogens is 568 g/mol. The third-order valence-corrected chi connectivity index (χ3v) is 8.29. The average Bonchev–Trinajstić information content (AvgIpc) is 3.55. The summed E-state index contributed by atoms with van der Waals surface area (Å²) in [6.07, 6.45) is -0.304. The third-order valence-electron chi connectivity index (χ3n) is 7.93. The van der Waals surface area contributed by atoms with Crippen molar-refractivity contribution in [3.05, 3.63) is 51.7 Å². The van der Waals surface area contributed by atoms with Gasteiger partial charge in [0.1, 0.15) is 22.1 Å². The van der Waals surface area contributed by atoms with Crippen LogP contribution in [0.2, 0.25) is 5.02 Å². The van der Waals surface area contributed by atoms with Gasteiger partial charge < -0.3 is 39.0 Å². The minimum atomic E-state index is -1.97. The maximum absolute atomic E-state index is 14.2. The van der Waals surface area contributed by atoms with Crippen LogP contribution in [0, 0.1) is 5.92 Å². The molecule has 2 aromatic carbocycles. The number of allylic oxidation sites excluding steroid dienone is 1. The van der Waals surface area contributed by atoms with Crippen LogP contribution in [0.1, 0.15) is 41.6 Å². The molecule has 12 heteroatoms. The zero-order valence-corrected chi connectivity index (χ0v) is 24.8. The first-order chi connectivity index (χ1) is 20.0. The molecule has 2 N–H and O–H groups in total. The van der Waals surface area contributed by atoms with Crippen molar-refractivity contribution in [2.75, 3.05) is 48.2 Å². The van der Waals surface area contributed by atoms with Crippen LogP contribution in [0.4, 0.5) is 0 Å². The molecule has 11 nitrogen and oxygen atoms in total. The van der Waals surface area contributed by atoms with E-state index in [1.54, 1.807) is 25.1 Å². The summed E-state index contributed by atoms with van der Waals surface area (Å²) < 4.78 is 28.0. The van der Waals surface area contributed by atoms with Crippen LogP contribution in [0.5, 0.6) is 28.7 Å². The Hall–Kier alpha value is -3.96. The van der Waals surface area contributed by atoms with Crippen molar-refractivity contribution < 1.29 is 43.2 Å². The Labute approximate surface area is 248 Å². The molecule has 2 aliphatic heterocycles. The van der Waals surface area contributed by atoms with Gasteiger partial charge in [-0.2, -0.15) is 0 Å². The number of halogens is 1. The molecule has 1 aliphatic carbocycles. The molecule has 0 fully saturated rings. The number of carbonyl (C=O) groups is 3. The molecule has 3 unspecified atom stereocenters. The molecule has 42 heavy (non-hydrogen) atoms. The molecule has 3 aliphatic rings. The van der Waals surface area contributed by atoms with Gasteiger partial charge in [0.2, 0.25) is 24.1 Å². The number of ketones is 2. The lowest BCUT2D eigenvalue weighted by molar-refractivity contribution is -0.121. The van der Waals surface area contributed by atoms with Crippen LogP contribution in [0.25, 0.3) is 0 Å². The van der Waals surface area contributed by atoms with E-state index in [1.165, 1.54) is 20.3 Å². The van der Waals surface area contributed by atoms with E-state index in [4.69, 9.17) is 35.3 Å². The minimum Gasteiger partial charge on any atom is -0.507 e. The summed E-state index contributed by atoms with van der Waals surface area (Å²) in [4.78, 5) is 43.0. The SMILES string of the molecule is COc1cc(OC)c2c(c1Cl)OC1(C2=O)C(O)=C(C(CC(=O)NCCN(C)C)c2ccc3c(c2)OCO3)C(=O)CC1C. The lowest BCUT2D eigenvalue weighted by Gasteiger charge is -2.38. The van der Waals surface area contributed by atoms with E-state index < -0.39 is 34.8 Å². The van der Waals surface area contributed by atoms with Gasteiger partial charge >= 0.3 is 0 Å². The molecular formula is C30H33ClN2O9. The molecule has 0 radical (unpaired) electrons. The van der Waals surface area contributed by atoms with Gasteiger partial charge in [-0.25, -0.2) is 0 Å². The molecule has 1 amide bonds. The predicted octanol–water partition coefficient (Wildman–Crippen LogP) is 3.67. The third kappa shape index (κ3) is 4.80. The monoisotopic (exact) mass is 600 g/mol. The minimum absolute atomic E-state index is 0.00831. The van der Waals surface area contributed by atoms with Gasteiger partial charge in [0.15, 0.2) is 28.8 Å². The Morgan fingerprint density at radius 1 is 1.17 bits per heavy atom. The number of hydrogen-bond acceptors (Lipinski definition) is 10. The average molecular weight is 601 g/mol. The Balaban J connectivity index is 1.63. The van der Waals surface area contributed by atoms with Gasteiger partial charge in [-0.3, -0.25) is 14.4 Å². The smallest absolute Gasteiger partial charge is 0.231 e. The summed E-state index contributed by atoms with van der Waals surface area (Å²) in [5, 5.41) is 14.9. The van der Waals surface area contributed by atoms with Crippen molar-refractivity contribution in [1.29, 1.82) is 0 Å². The zero-order valence-electron chi connectivity index (χ0n) is 24.0. The van der Waals surface area contributed by atoms with Crippen molar-refractivity contribution in [1.82, 2.24) is 10.2 Å². The van der Waals surface area contributed by atoms with E-state index in [-0.39, 0.29) is 58.9 Å². The zero-order chi connectivity index (χ0) is 30.3. The number of carbonyl (C=O) groups excluding carboxylic acids is 3. The molecule has 2 aromatic rings. The van der Waals surface area contributed by atoms with E-state index in [1.807, 2.05) is 19.0 Å². The highest BCUT2D eigenvalue weighted by Crippen LogP contribution is 2.56. The summed E-state index contributed by atoms with van der Waals surface area (Å²) in [6.45, 7) is 2.68. The standard InChI is InChI=1S/C30H33ClN2O9/c1-15-10-18(34)24(28(36)30(15)29(37)25-21(38-4)13-22(39-5)26(31)27(25)42-30)17(12-23(35)32-8-9-33(2)3)16-6-7-19-20(11-16)41-14-40-19/h6-7,11,13,15,17,36H,8-10,12,14H2,1-5H3,(H,32,35). The van der Waals surface area contributed by atoms with Crippen molar-refractivity contribution in [3.63, 3.8) is 0 Å². The van der Waals surface area contributed by atoms with E-state index in [0.717, 1.165) is 0 Å². The Morgan fingerprint density at radius 2 is 1.88 bits per heavy atom. The van der Waals surface area contributed by atoms with E-state index in [0.29, 0.717) is 30.2 Å². The number of methoxy groups -OCH3 is 2. The van der Waals surface area contributed by atoms with Gasteiger partial charge in [-0.15, -0.1) is 0 Å². The fourth-order valence-corrected chi connectivity index (χ4v) is 6.00. The molecule has 0 aromatic heterocycles. The number of amides is 1. The first-order valence-electron chi connectivity index (χ1n) is 13.5. The van der Waals surface area contributed by atoms with Crippen LogP contribution < -0.4 is 29.0 Å². The summed E-state index contributed by atoms with van der Waals surface area (Å²) in [5.41, 5.74) is -1.48. The molecule has 0 saturated carbocycles. The fraction of sp³-hybridized carbons (Fsp3) is 0.433. The lowest BCUT2D eigenvalue weighted by Crippen LogP contribution is -2.53. The predicted molar refractivity (Wildman–Crippen MR) is 152 cm³/mol. The number of nitrogens with zero attached hydrogens (tertiary/aromatic N) is 1. The second-order valence-electron chi connectivity index (χ2n) is 10.8. The number of rotatable bonds is 9. The van der Waals surface area contributed by atoms with Gasteiger partial charge in [0.05, 0.1) is 14.2 Å². The molecule has 5 rings (SSSR count). The van der Waals surface area contributed by atoms with Gasteiger partial charge in [-0.1, -0.05) is 24.6 Å². The van der Waals surface area contributed by atoms with E-state index >= 15 is 0 Å². The first-order valence-corrected chi connectivity index (χ1v) is 13.9. The fourth-order valence-electron chi connectivity index (χ4n) is 5.73. The number of hydrogen-bond donors (Lipinski definition) is 2. The van der Waals surface area contributed by atoms with Gasteiger partial charge in [0, 0.05) is 49.4 Å². The van der Waals surface area contributed by atoms with Crippen molar-refractivity contribution in [3.8, 4) is 28.7 Å². The second kappa shape index (κ2) is 11.4. The maximum Gasteiger partial charge on any atom is 0.231 e. The van der Waals surface area contributed by atoms with Gasteiger partial charge in [0.25, 0.3) is 0 Å². The summed E-state index contributed by atoms with van der Waals surface area (Å²) in [6, 6.07) is 6.53. The number of aliphatic hydroxyl groups excluding tert-OH is 1. The molecule has 224 valence electrons.